The van der Waals surface area contributed by atoms with Gasteiger partial charge in [0.2, 0.25) is 0 Å². The molecule has 35 heavy (non-hydrogen) atoms. The Hall–Kier alpha value is -4.27. The third-order valence-corrected chi connectivity index (χ3v) is 5.40. The molecular weight excluding hydrogens is 446 g/mol. The zero-order valence-electron chi connectivity index (χ0n) is 20.2. The summed E-state index contributed by atoms with van der Waals surface area (Å²) >= 11 is 0. The van der Waals surface area contributed by atoms with E-state index in [2.05, 4.69) is 29.5 Å². The topological polar surface area (TPSA) is 147 Å². The van der Waals surface area contributed by atoms with Crippen molar-refractivity contribution in [2.75, 3.05) is 5.32 Å². The molecule has 5 N–H and O–H groups in total. The van der Waals surface area contributed by atoms with E-state index < -0.39 is 17.9 Å². The van der Waals surface area contributed by atoms with Crippen LogP contribution < -0.4 is 16.4 Å². The van der Waals surface area contributed by atoms with Crippen LogP contribution in [0, 0.1) is 19.8 Å². The molecule has 0 aliphatic carbocycles. The van der Waals surface area contributed by atoms with Crippen molar-refractivity contribution in [2.24, 2.45) is 11.7 Å². The standard InChI is InChI=1S/C26H29N5O4/c1-14(2)12-21-18(13-28-26(34)35)22(17-10-8-15(3)9-11-17)23(16(4)29-21)31-25(33)20-7-5-6-19(30-20)24(27)32/h5-11,14,28H,12-13H2,1-4H3,(H2,27,32)(H,31,33)(H,34,35). The molecule has 2 heterocycles. The first kappa shape index (κ1) is 25.4. The highest BCUT2D eigenvalue weighted by Gasteiger charge is 2.23. The monoisotopic (exact) mass is 475 g/mol. The number of pyridine rings is 2. The minimum absolute atomic E-state index is 0.0200. The largest absolute Gasteiger partial charge is 0.465 e. The number of amides is 3. The number of primary amides is 1. The highest BCUT2D eigenvalue weighted by Crippen LogP contribution is 2.36. The van der Waals surface area contributed by atoms with Gasteiger partial charge >= 0.3 is 6.09 Å². The van der Waals surface area contributed by atoms with Crippen LogP contribution in [-0.2, 0) is 13.0 Å². The van der Waals surface area contributed by atoms with E-state index in [4.69, 9.17) is 10.7 Å². The molecule has 182 valence electrons. The van der Waals surface area contributed by atoms with Gasteiger partial charge in [-0.3, -0.25) is 14.6 Å². The lowest BCUT2D eigenvalue weighted by atomic mass is 9.92. The van der Waals surface area contributed by atoms with E-state index in [0.717, 1.165) is 16.8 Å². The SMILES string of the molecule is Cc1ccc(-c2c(CNC(=O)O)c(CC(C)C)nc(C)c2NC(=O)c2cccc(C(N)=O)n2)cc1. The number of benzene rings is 1. The van der Waals surface area contributed by atoms with Crippen molar-refractivity contribution in [3.63, 3.8) is 0 Å². The molecule has 0 saturated heterocycles. The molecule has 0 aliphatic heterocycles. The Morgan fingerprint density at radius 3 is 2.26 bits per heavy atom. The number of rotatable bonds is 8. The fourth-order valence-corrected chi connectivity index (χ4v) is 3.78. The highest BCUT2D eigenvalue weighted by atomic mass is 16.4. The quantitative estimate of drug-likeness (QED) is 0.386. The van der Waals surface area contributed by atoms with E-state index >= 15 is 0 Å². The summed E-state index contributed by atoms with van der Waals surface area (Å²) in [6.45, 7) is 7.90. The predicted octanol–water partition coefficient (Wildman–Crippen LogP) is 4.08. The minimum Gasteiger partial charge on any atom is -0.465 e. The van der Waals surface area contributed by atoms with Gasteiger partial charge < -0.3 is 21.5 Å². The first-order valence-corrected chi connectivity index (χ1v) is 11.2. The van der Waals surface area contributed by atoms with Crippen molar-refractivity contribution >= 4 is 23.6 Å². The molecule has 0 aliphatic rings. The van der Waals surface area contributed by atoms with E-state index in [1.807, 2.05) is 31.2 Å². The van der Waals surface area contributed by atoms with Gasteiger partial charge in [0.15, 0.2) is 0 Å². The summed E-state index contributed by atoms with van der Waals surface area (Å²) < 4.78 is 0. The number of hydrogen-bond acceptors (Lipinski definition) is 5. The number of aryl methyl sites for hydroxylation is 2. The van der Waals surface area contributed by atoms with Crippen LogP contribution in [0.2, 0.25) is 0 Å². The van der Waals surface area contributed by atoms with Crippen LogP contribution in [0.15, 0.2) is 42.5 Å². The van der Waals surface area contributed by atoms with E-state index in [9.17, 15) is 19.5 Å². The van der Waals surface area contributed by atoms with E-state index in [0.29, 0.717) is 28.9 Å². The molecule has 1 aromatic carbocycles. The average Bonchev–Trinajstić information content (AvgIpc) is 2.80. The van der Waals surface area contributed by atoms with Crippen LogP contribution >= 0.6 is 0 Å². The van der Waals surface area contributed by atoms with Crippen molar-refractivity contribution in [1.29, 1.82) is 0 Å². The first-order valence-electron chi connectivity index (χ1n) is 11.2. The Labute approximate surface area is 203 Å². The normalized spacial score (nSPS) is 10.8. The Morgan fingerprint density at radius 1 is 1.00 bits per heavy atom. The van der Waals surface area contributed by atoms with Gasteiger partial charge in [-0.1, -0.05) is 49.7 Å². The van der Waals surface area contributed by atoms with E-state index in [1.165, 1.54) is 18.2 Å². The molecule has 9 heteroatoms. The summed E-state index contributed by atoms with van der Waals surface area (Å²) in [5.41, 5.74) is 10.3. The Bertz CT molecular complexity index is 1270. The van der Waals surface area contributed by atoms with E-state index in [-0.39, 0.29) is 23.9 Å². The van der Waals surface area contributed by atoms with Gasteiger partial charge in [0.1, 0.15) is 11.4 Å². The zero-order valence-corrected chi connectivity index (χ0v) is 20.2. The molecule has 2 aromatic heterocycles. The number of carbonyl (C=O) groups is 3. The van der Waals surface area contributed by atoms with E-state index in [1.54, 1.807) is 6.92 Å². The second kappa shape index (κ2) is 10.8. The van der Waals surface area contributed by atoms with Crippen LogP contribution in [0.25, 0.3) is 11.1 Å². The highest BCUT2D eigenvalue weighted by molar-refractivity contribution is 6.06. The van der Waals surface area contributed by atoms with Crippen molar-refractivity contribution in [3.8, 4) is 11.1 Å². The summed E-state index contributed by atoms with van der Waals surface area (Å²) in [6, 6.07) is 12.2. The van der Waals surface area contributed by atoms with Crippen LogP contribution in [0.1, 0.15) is 57.3 Å². The van der Waals surface area contributed by atoms with Crippen molar-refractivity contribution < 1.29 is 19.5 Å². The zero-order chi connectivity index (χ0) is 25.7. The van der Waals surface area contributed by atoms with Crippen LogP contribution in [0.4, 0.5) is 10.5 Å². The molecular formula is C26H29N5O4. The maximum atomic E-state index is 13.2. The van der Waals surface area contributed by atoms with Gasteiger partial charge in [-0.05, 0) is 43.9 Å². The number of nitrogens with one attached hydrogen (secondary N) is 2. The average molecular weight is 476 g/mol. The van der Waals surface area contributed by atoms with Crippen molar-refractivity contribution in [3.05, 3.63) is 76.4 Å². The van der Waals surface area contributed by atoms with Crippen molar-refractivity contribution in [1.82, 2.24) is 15.3 Å². The molecule has 0 spiro atoms. The lowest BCUT2D eigenvalue weighted by molar-refractivity contribution is 0.0995. The van der Waals surface area contributed by atoms with Gasteiger partial charge in [-0.15, -0.1) is 0 Å². The summed E-state index contributed by atoms with van der Waals surface area (Å²) in [5.74, 6) is -1.00. The molecule has 0 atom stereocenters. The molecule has 0 bridgehead atoms. The molecule has 3 aromatic rings. The third-order valence-electron chi connectivity index (χ3n) is 5.40. The van der Waals surface area contributed by atoms with Crippen molar-refractivity contribution in [2.45, 2.75) is 40.7 Å². The molecule has 0 unspecified atom stereocenters. The summed E-state index contributed by atoms with van der Waals surface area (Å²) in [6.07, 6.45) is -0.527. The molecule has 0 fully saturated rings. The van der Waals surface area contributed by atoms with Gasteiger partial charge in [-0.2, -0.15) is 0 Å². The fourth-order valence-electron chi connectivity index (χ4n) is 3.78. The van der Waals surface area contributed by atoms with Gasteiger partial charge in [0, 0.05) is 23.4 Å². The summed E-state index contributed by atoms with van der Waals surface area (Å²) in [7, 11) is 0. The number of hydrogen-bond donors (Lipinski definition) is 4. The number of nitrogens with zero attached hydrogens (tertiary/aromatic N) is 2. The summed E-state index contributed by atoms with van der Waals surface area (Å²) in [5, 5.41) is 14.6. The predicted molar refractivity (Wildman–Crippen MR) is 133 cm³/mol. The minimum atomic E-state index is -1.16. The molecule has 0 saturated carbocycles. The maximum absolute atomic E-state index is 13.2. The number of aromatic nitrogens is 2. The Kier molecular flexibility index (Phi) is 7.80. The second-order valence-corrected chi connectivity index (χ2v) is 8.72. The molecule has 3 rings (SSSR count). The van der Waals surface area contributed by atoms with Gasteiger partial charge in [0.05, 0.1) is 11.4 Å². The number of carboxylic acid groups (broad SMARTS) is 1. The fraction of sp³-hybridized carbons (Fsp3) is 0.269. The number of anilines is 1. The van der Waals surface area contributed by atoms with Gasteiger partial charge in [-0.25, -0.2) is 9.78 Å². The number of nitrogens with two attached hydrogens (primary N) is 1. The van der Waals surface area contributed by atoms with Crippen LogP contribution in [0.3, 0.4) is 0 Å². The second-order valence-electron chi connectivity index (χ2n) is 8.72. The molecule has 9 nitrogen and oxygen atoms in total. The number of carbonyl (C=O) groups excluding carboxylic acids is 2. The smallest absolute Gasteiger partial charge is 0.404 e. The van der Waals surface area contributed by atoms with Crippen LogP contribution in [-0.4, -0.2) is 33.0 Å². The Morgan fingerprint density at radius 2 is 1.66 bits per heavy atom. The Balaban J connectivity index is 2.20. The molecule has 0 radical (unpaired) electrons. The third kappa shape index (κ3) is 6.20. The lowest BCUT2D eigenvalue weighted by Gasteiger charge is -2.22. The van der Waals surface area contributed by atoms with Crippen LogP contribution in [0.5, 0.6) is 0 Å². The molecule has 3 amide bonds. The maximum Gasteiger partial charge on any atom is 0.404 e. The summed E-state index contributed by atoms with van der Waals surface area (Å²) in [4.78, 5) is 44.8. The van der Waals surface area contributed by atoms with Gasteiger partial charge in [0.25, 0.3) is 11.8 Å². The lowest BCUT2D eigenvalue weighted by Crippen LogP contribution is -2.24. The first-order chi connectivity index (χ1) is 16.6.